The highest BCUT2D eigenvalue weighted by molar-refractivity contribution is 7.89. The third-order valence-corrected chi connectivity index (χ3v) is 7.54. The Hall–Kier alpha value is -2.19. The SMILES string of the molecule is CC(C)S(=O)(=O)N1CC=C2C=C(N3CCC[C@@H]3c3cc(F)ccc3F)C=CN21. The van der Waals surface area contributed by atoms with E-state index < -0.39 is 26.9 Å². The van der Waals surface area contributed by atoms with Crippen LogP contribution < -0.4 is 0 Å². The minimum absolute atomic E-state index is 0.240. The number of nitrogens with zero attached hydrogens (tertiary/aromatic N) is 3. The molecule has 3 heterocycles. The first-order valence-corrected chi connectivity index (χ1v) is 10.9. The van der Waals surface area contributed by atoms with Crippen molar-refractivity contribution in [1.29, 1.82) is 0 Å². The molecule has 8 heteroatoms. The van der Waals surface area contributed by atoms with E-state index in [9.17, 15) is 17.2 Å². The molecule has 0 N–H and O–H groups in total. The fourth-order valence-corrected chi connectivity index (χ4v) is 5.09. The summed E-state index contributed by atoms with van der Waals surface area (Å²) < 4.78 is 54.4. The molecule has 0 spiro atoms. The van der Waals surface area contributed by atoms with E-state index in [2.05, 4.69) is 4.90 Å². The number of hydrogen-bond donors (Lipinski definition) is 0. The summed E-state index contributed by atoms with van der Waals surface area (Å²) in [6.45, 7) is 4.33. The molecule has 1 fully saturated rings. The molecule has 0 radical (unpaired) electrons. The van der Waals surface area contributed by atoms with Crippen molar-refractivity contribution < 1.29 is 17.2 Å². The Kier molecular flexibility index (Phi) is 4.79. The second kappa shape index (κ2) is 7.00. The monoisotopic (exact) mass is 407 g/mol. The summed E-state index contributed by atoms with van der Waals surface area (Å²) in [4.78, 5) is 2.06. The van der Waals surface area contributed by atoms with Crippen LogP contribution in [0.5, 0.6) is 0 Å². The summed E-state index contributed by atoms with van der Waals surface area (Å²) >= 11 is 0. The largest absolute Gasteiger partial charge is 0.364 e. The van der Waals surface area contributed by atoms with Crippen LogP contribution in [0, 0.1) is 11.6 Å². The van der Waals surface area contributed by atoms with Crippen LogP contribution in [-0.4, -0.2) is 41.1 Å². The van der Waals surface area contributed by atoms with Crippen molar-refractivity contribution in [3.63, 3.8) is 0 Å². The molecule has 0 saturated carbocycles. The zero-order valence-corrected chi connectivity index (χ0v) is 16.7. The second-order valence-electron chi connectivity index (χ2n) is 7.47. The quantitative estimate of drug-likeness (QED) is 0.764. The summed E-state index contributed by atoms with van der Waals surface area (Å²) in [5.41, 5.74) is 2.00. The Morgan fingerprint density at radius 3 is 2.71 bits per heavy atom. The van der Waals surface area contributed by atoms with Crippen molar-refractivity contribution >= 4 is 10.0 Å². The van der Waals surface area contributed by atoms with Gasteiger partial charge in [0.15, 0.2) is 0 Å². The lowest BCUT2D eigenvalue weighted by atomic mass is 10.0. The first-order valence-electron chi connectivity index (χ1n) is 9.41. The fourth-order valence-electron chi connectivity index (χ4n) is 3.93. The third-order valence-electron chi connectivity index (χ3n) is 5.43. The smallest absolute Gasteiger partial charge is 0.233 e. The summed E-state index contributed by atoms with van der Waals surface area (Å²) in [5.74, 6) is -0.856. The van der Waals surface area contributed by atoms with E-state index in [4.69, 9.17) is 0 Å². The van der Waals surface area contributed by atoms with E-state index in [1.807, 2.05) is 18.2 Å². The van der Waals surface area contributed by atoms with Gasteiger partial charge in [-0.1, -0.05) is 0 Å². The van der Waals surface area contributed by atoms with Crippen LogP contribution >= 0.6 is 0 Å². The van der Waals surface area contributed by atoms with Gasteiger partial charge in [-0.3, -0.25) is 5.01 Å². The van der Waals surface area contributed by atoms with Gasteiger partial charge in [-0.2, -0.15) is 0 Å². The second-order valence-corrected chi connectivity index (χ2v) is 9.87. The minimum Gasteiger partial charge on any atom is -0.364 e. The summed E-state index contributed by atoms with van der Waals surface area (Å²) in [7, 11) is -3.43. The third kappa shape index (κ3) is 3.14. The van der Waals surface area contributed by atoms with Crippen LogP contribution in [0.4, 0.5) is 8.78 Å². The maximum Gasteiger partial charge on any atom is 0.233 e. The highest BCUT2D eigenvalue weighted by Gasteiger charge is 2.36. The number of sulfonamides is 1. The van der Waals surface area contributed by atoms with Crippen LogP contribution in [0.25, 0.3) is 0 Å². The van der Waals surface area contributed by atoms with Crippen molar-refractivity contribution in [3.8, 4) is 0 Å². The molecule has 3 aliphatic heterocycles. The first-order chi connectivity index (χ1) is 13.3. The van der Waals surface area contributed by atoms with Crippen molar-refractivity contribution in [1.82, 2.24) is 14.3 Å². The molecule has 0 unspecified atom stereocenters. The molecule has 150 valence electrons. The summed E-state index contributed by atoms with van der Waals surface area (Å²) in [6, 6.07) is 3.32. The van der Waals surface area contributed by atoms with E-state index in [0.717, 1.165) is 36.8 Å². The molecule has 4 rings (SSSR count). The molecule has 0 aliphatic carbocycles. The van der Waals surface area contributed by atoms with Crippen molar-refractivity contribution in [3.05, 3.63) is 71.2 Å². The Balaban J connectivity index is 1.60. The molecule has 3 aliphatic rings. The topological polar surface area (TPSA) is 43.9 Å². The molecule has 1 saturated heterocycles. The predicted molar refractivity (Wildman–Crippen MR) is 103 cm³/mol. The molecule has 5 nitrogen and oxygen atoms in total. The Labute approximate surface area is 164 Å². The number of rotatable bonds is 4. The lowest BCUT2D eigenvalue weighted by molar-refractivity contribution is 0.203. The Bertz CT molecular complexity index is 985. The van der Waals surface area contributed by atoms with E-state index >= 15 is 0 Å². The molecule has 1 atom stereocenters. The summed E-state index contributed by atoms with van der Waals surface area (Å²) in [5, 5.41) is 1.12. The lowest BCUT2D eigenvalue weighted by Gasteiger charge is -2.34. The zero-order valence-electron chi connectivity index (χ0n) is 15.8. The van der Waals surface area contributed by atoms with E-state index in [1.54, 1.807) is 25.1 Å². The molecule has 28 heavy (non-hydrogen) atoms. The van der Waals surface area contributed by atoms with Gasteiger partial charge in [0, 0.05) is 24.0 Å². The van der Waals surface area contributed by atoms with E-state index in [-0.39, 0.29) is 12.6 Å². The van der Waals surface area contributed by atoms with Gasteiger partial charge in [-0.05, 0) is 63.1 Å². The first kappa shape index (κ1) is 19.1. The number of hydrogen-bond acceptors (Lipinski definition) is 4. The number of benzene rings is 1. The van der Waals surface area contributed by atoms with Crippen LogP contribution in [0.2, 0.25) is 0 Å². The van der Waals surface area contributed by atoms with Gasteiger partial charge in [0.1, 0.15) is 11.6 Å². The van der Waals surface area contributed by atoms with Gasteiger partial charge in [0.2, 0.25) is 10.0 Å². The fraction of sp³-hybridized carbons (Fsp3) is 0.400. The van der Waals surface area contributed by atoms with Crippen LogP contribution in [0.1, 0.15) is 38.3 Å². The minimum atomic E-state index is -3.43. The Morgan fingerprint density at radius 2 is 1.96 bits per heavy atom. The number of halogens is 2. The number of hydrazine groups is 1. The maximum atomic E-state index is 14.3. The van der Waals surface area contributed by atoms with E-state index in [0.29, 0.717) is 5.56 Å². The van der Waals surface area contributed by atoms with Crippen molar-refractivity contribution in [2.75, 3.05) is 13.1 Å². The average molecular weight is 407 g/mol. The standard InChI is InChI=1S/C20H23F2N3O2S/c1-14(2)28(26,27)25-11-8-17-13-16(7-10-24(17)25)23-9-3-4-20(23)18-12-15(21)5-6-19(18)22/h5-8,10,12-14,20H,3-4,9,11H2,1-2H3/t20-/m1/s1. The molecule has 0 aromatic heterocycles. The van der Waals surface area contributed by atoms with Gasteiger partial charge in [0.25, 0.3) is 0 Å². The molecular formula is C20H23F2N3O2S. The molecule has 0 bridgehead atoms. The number of allylic oxidation sites excluding steroid dienone is 2. The molecular weight excluding hydrogens is 384 g/mol. The van der Waals surface area contributed by atoms with Crippen molar-refractivity contribution in [2.24, 2.45) is 0 Å². The van der Waals surface area contributed by atoms with Crippen LogP contribution in [0.3, 0.4) is 0 Å². The van der Waals surface area contributed by atoms with Gasteiger partial charge in [-0.15, -0.1) is 4.41 Å². The van der Waals surface area contributed by atoms with Gasteiger partial charge < -0.3 is 4.90 Å². The van der Waals surface area contributed by atoms with Gasteiger partial charge in [0.05, 0.1) is 23.5 Å². The average Bonchev–Trinajstić information content (AvgIpc) is 3.29. The number of fused-ring (bicyclic) bond motifs is 1. The molecule has 0 amide bonds. The number of likely N-dealkylation sites (tertiary alicyclic amines) is 1. The maximum absolute atomic E-state index is 14.3. The Morgan fingerprint density at radius 1 is 1.18 bits per heavy atom. The van der Waals surface area contributed by atoms with Gasteiger partial charge in [-0.25, -0.2) is 17.2 Å². The molecule has 1 aromatic rings. The van der Waals surface area contributed by atoms with E-state index in [1.165, 1.54) is 16.5 Å². The highest BCUT2D eigenvalue weighted by atomic mass is 32.2. The summed E-state index contributed by atoms with van der Waals surface area (Å²) in [6.07, 6.45) is 8.94. The zero-order chi connectivity index (χ0) is 20.1. The lowest BCUT2D eigenvalue weighted by Crippen LogP contribution is -2.43. The van der Waals surface area contributed by atoms with Crippen LogP contribution in [-0.2, 0) is 10.0 Å². The van der Waals surface area contributed by atoms with Crippen LogP contribution in [0.15, 0.2) is 54.0 Å². The normalized spacial score (nSPS) is 22.7. The molecule has 1 aromatic carbocycles. The van der Waals surface area contributed by atoms with Crippen molar-refractivity contribution in [2.45, 2.75) is 38.0 Å². The predicted octanol–water partition coefficient (Wildman–Crippen LogP) is 3.67. The van der Waals surface area contributed by atoms with Gasteiger partial charge >= 0.3 is 0 Å². The highest BCUT2D eigenvalue weighted by Crippen LogP contribution is 2.39.